The molecule has 0 unspecified atom stereocenters. The van der Waals surface area contributed by atoms with Crippen LogP contribution in [0.4, 0.5) is 24.7 Å². The first-order valence-corrected chi connectivity index (χ1v) is 10.3. The number of alkyl halides is 3. The SMILES string of the molecule is COc1ccc(C(N)=O)c(-c2ccc(-c3cc(Nc4ccc(OC(F)(F)F)cc4)ncn3)cc2)c1. The number of anilines is 2. The smallest absolute Gasteiger partial charge is 0.497 e. The van der Waals surface area contributed by atoms with Gasteiger partial charge in [-0.25, -0.2) is 9.97 Å². The molecular weight excluding hydrogens is 461 g/mol. The van der Waals surface area contributed by atoms with Crippen LogP contribution in [-0.2, 0) is 0 Å². The minimum atomic E-state index is -4.75. The minimum Gasteiger partial charge on any atom is -0.497 e. The number of primary amides is 1. The van der Waals surface area contributed by atoms with Crippen molar-refractivity contribution in [3.05, 3.63) is 84.7 Å². The first-order valence-electron chi connectivity index (χ1n) is 10.3. The number of benzene rings is 3. The Hall–Kier alpha value is -4.60. The second-order valence-electron chi connectivity index (χ2n) is 7.34. The van der Waals surface area contributed by atoms with Gasteiger partial charge in [-0.2, -0.15) is 0 Å². The van der Waals surface area contributed by atoms with Gasteiger partial charge in [0.15, 0.2) is 0 Å². The van der Waals surface area contributed by atoms with E-state index in [1.165, 1.54) is 37.7 Å². The Bertz CT molecular complexity index is 1340. The van der Waals surface area contributed by atoms with Crippen molar-refractivity contribution >= 4 is 17.4 Å². The number of carbonyl (C=O) groups excluding carboxylic acids is 1. The molecule has 1 aromatic heterocycles. The van der Waals surface area contributed by atoms with Crippen molar-refractivity contribution in [2.45, 2.75) is 6.36 Å². The molecule has 0 atom stereocenters. The molecule has 3 aromatic carbocycles. The predicted molar refractivity (Wildman–Crippen MR) is 124 cm³/mol. The summed E-state index contributed by atoms with van der Waals surface area (Å²) >= 11 is 0. The van der Waals surface area contributed by atoms with Crippen molar-refractivity contribution in [2.24, 2.45) is 5.73 Å². The molecule has 1 amide bonds. The highest BCUT2D eigenvalue weighted by Crippen LogP contribution is 2.30. The van der Waals surface area contributed by atoms with E-state index in [-0.39, 0.29) is 5.75 Å². The number of ether oxygens (including phenoxy) is 2. The van der Waals surface area contributed by atoms with Gasteiger partial charge in [0.2, 0.25) is 5.91 Å². The summed E-state index contributed by atoms with van der Waals surface area (Å²) in [6.45, 7) is 0. The summed E-state index contributed by atoms with van der Waals surface area (Å²) < 4.78 is 46.1. The number of carbonyl (C=O) groups is 1. The van der Waals surface area contributed by atoms with Crippen molar-refractivity contribution < 1.29 is 27.4 Å². The molecule has 0 saturated carbocycles. The fourth-order valence-corrected chi connectivity index (χ4v) is 3.40. The van der Waals surface area contributed by atoms with Crippen LogP contribution < -0.4 is 20.5 Å². The summed E-state index contributed by atoms with van der Waals surface area (Å²) in [4.78, 5) is 20.3. The maximum absolute atomic E-state index is 12.3. The largest absolute Gasteiger partial charge is 0.573 e. The molecule has 0 saturated heterocycles. The molecule has 0 aliphatic rings. The average Bonchev–Trinajstić information content (AvgIpc) is 2.84. The molecule has 0 aliphatic heterocycles. The highest BCUT2D eigenvalue weighted by atomic mass is 19.4. The van der Waals surface area contributed by atoms with Crippen LogP contribution in [0.2, 0.25) is 0 Å². The van der Waals surface area contributed by atoms with Crippen molar-refractivity contribution in [1.82, 2.24) is 9.97 Å². The predicted octanol–water partition coefficient (Wildman–Crippen LogP) is 5.56. The maximum Gasteiger partial charge on any atom is 0.573 e. The Labute approximate surface area is 198 Å². The highest BCUT2D eigenvalue weighted by Gasteiger charge is 2.30. The molecular formula is C25H19F3N4O3. The van der Waals surface area contributed by atoms with E-state index in [0.29, 0.717) is 34.1 Å². The zero-order valence-electron chi connectivity index (χ0n) is 18.3. The number of rotatable bonds is 7. The van der Waals surface area contributed by atoms with Crippen molar-refractivity contribution in [1.29, 1.82) is 0 Å². The Kier molecular flexibility index (Phi) is 6.54. The van der Waals surface area contributed by atoms with E-state index in [0.717, 1.165) is 11.1 Å². The van der Waals surface area contributed by atoms with Crippen molar-refractivity contribution in [3.63, 3.8) is 0 Å². The lowest BCUT2D eigenvalue weighted by atomic mass is 9.97. The van der Waals surface area contributed by atoms with Gasteiger partial charge in [0.05, 0.1) is 12.8 Å². The van der Waals surface area contributed by atoms with E-state index in [1.807, 2.05) is 24.3 Å². The number of nitrogens with one attached hydrogen (secondary N) is 1. The molecule has 0 spiro atoms. The first-order chi connectivity index (χ1) is 16.7. The number of hydrogen-bond acceptors (Lipinski definition) is 6. The Morgan fingerprint density at radius 3 is 2.17 bits per heavy atom. The standard InChI is InChI=1S/C25H19F3N4O3/c1-34-19-10-11-20(24(29)33)21(12-19)15-2-4-16(5-3-15)22-13-23(31-14-30-22)32-17-6-8-18(9-7-17)35-25(26,27)28/h2-14H,1H3,(H2,29,33)(H,30,31,32). The molecule has 0 radical (unpaired) electrons. The number of hydrogen-bond donors (Lipinski definition) is 2. The molecule has 178 valence electrons. The molecule has 10 heteroatoms. The fourth-order valence-electron chi connectivity index (χ4n) is 3.40. The van der Waals surface area contributed by atoms with Crippen LogP contribution in [0.1, 0.15) is 10.4 Å². The molecule has 0 fully saturated rings. The zero-order valence-corrected chi connectivity index (χ0v) is 18.3. The molecule has 1 heterocycles. The molecule has 7 nitrogen and oxygen atoms in total. The van der Waals surface area contributed by atoms with Crippen LogP contribution in [0.15, 0.2) is 79.1 Å². The average molecular weight is 480 g/mol. The van der Waals surface area contributed by atoms with Gasteiger partial charge in [0, 0.05) is 22.9 Å². The van der Waals surface area contributed by atoms with Crippen LogP contribution in [0.3, 0.4) is 0 Å². The molecule has 3 N–H and O–H groups in total. The summed E-state index contributed by atoms with van der Waals surface area (Å²) in [6.07, 6.45) is -3.37. The van der Waals surface area contributed by atoms with Crippen LogP contribution in [0.5, 0.6) is 11.5 Å². The third-order valence-electron chi connectivity index (χ3n) is 5.01. The first kappa shape index (κ1) is 23.6. The summed E-state index contributed by atoms with van der Waals surface area (Å²) in [5, 5.41) is 3.02. The summed E-state index contributed by atoms with van der Waals surface area (Å²) in [7, 11) is 1.54. The lowest BCUT2D eigenvalue weighted by Gasteiger charge is -2.11. The van der Waals surface area contributed by atoms with E-state index >= 15 is 0 Å². The van der Waals surface area contributed by atoms with Crippen LogP contribution in [0.25, 0.3) is 22.4 Å². The number of nitrogens with two attached hydrogens (primary N) is 1. The van der Waals surface area contributed by atoms with Gasteiger partial charge in [-0.3, -0.25) is 4.79 Å². The van der Waals surface area contributed by atoms with Crippen LogP contribution in [-0.4, -0.2) is 29.3 Å². The van der Waals surface area contributed by atoms with Gasteiger partial charge in [-0.05, 0) is 53.6 Å². The van der Waals surface area contributed by atoms with Crippen LogP contribution in [0, 0.1) is 0 Å². The van der Waals surface area contributed by atoms with E-state index in [9.17, 15) is 18.0 Å². The van der Waals surface area contributed by atoms with E-state index in [1.54, 1.807) is 24.3 Å². The quantitative estimate of drug-likeness (QED) is 0.359. The van der Waals surface area contributed by atoms with Gasteiger partial charge in [-0.1, -0.05) is 24.3 Å². The number of nitrogens with zero attached hydrogens (tertiary/aromatic N) is 2. The molecule has 0 bridgehead atoms. The number of halogens is 3. The second-order valence-corrected chi connectivity index (χ2v) is 7.34. The molecule has 0 aliphatic carbocycles. The van der Waals surface area contributed by atoms with E-state index in [2.05, 4.69) is 20.0 Å². The Morgan fingerprint density at radius 2 is 1.54 bits per heavy atom. The summed E-state index contributed by atoms with van der Waals surface area (Å²) in [5.74, 6) is 0.185. The van der Waals surface area contributed by atoms with Gasteiger partial charge in [0.25, 0.3) is 0 Å². The third-order valence-corrected chi connectivity index (χ3v) is 5.01. The van der Waals surface area contributed by atoms with Gasteiger partial charge >= 0.3 is 6.36 Å². The van der Waals surface area contributed by atoms with E-state index < -0.39 is 12.3 Å². The molecule has 35 heavy (non-hydrogen) atoms. The molecule has 4 rings (SSSR count). The number of amides is 1. The molecule has 4 aromatic rings. The van der Waals surface area contributed by atoms with Gasteiger partial charge < -0.3 is 20.5 Å². The van der Waals surface area contributed by atoms with E-state index in [4.69, 9.17) is 10.5 Å². The number of methoxy groups -OCH3 is 1. The summed E-state index contributed by atoms with van der Waals surface area (Å²) in [5.41, 5.74) is 9.24. The van der Waals surface area contributed by atoms with Crippen molar-refractivity contribution in [2.75, 3.05) is 12.4 Å². The Balaban J connectivity index is 1.54. The van der Waals surface area contributed by atoms with Gasteiger partial charge in [0.1, 0.15) is 23.6 Å². The van der Waals surface area contributed by atoms with Crippen LogP contribution >= 0.6 is 0 Å². The zero-order chi connectivity index (χ0) is 25.0. The minimum absolute atomic E-state index is 0.318. The topological polar surface area (TPSA) is 99.4 Å². The highest BCUT2D eigenvalue weighted by molar-refractivity contribution is 6.00. The summed E-state index contributed by atoms with van der Waals surface area (Å²) in [6, 6.07) is 19.4. The lowest BCUT2D eigenvalue weighted by Crippen LogP contribution is -2.16. The number of aromatic nitrogens is 2. The second kappa shape index (κ2) is 9.72. The Morgan fingerprint density at radius 1 is 0.886 bits per heavy atom. The fraction of sp³-hybridized carbons (Fsp3) is 0.0800. The lowest BCUT2D eigenvalue weighted by molar-refractivity contribution is -0.274. The van der Waals surface area contributed by atoms with Gasteiger partial charge in [-0.15, -0.1) is 13.2 Å². The van der Waals surface area contributed by atoms with Crippen molar-refractivity contribution in [3.8, 4) is 33.9 Å². The maximum atomic E-state index is 12.3. The third kappa shape index (κ3) is 5.85. The monoisotopic (exact) mass is 480 g/mol. The normalized spacial score (nSPS) is 11.1.